The van der Waals surface area contributed by atoms with Gasteiger partial charge in [0, 0.05) is 11.8 Å². The monoisotopic (exact) mass is 386 g/mol. The fourth-order valence-electron chi connectivity index (χ4n) is 3.80. The second-order valence-corrected chi connectivity index (χ2v) is 7.86. The SMILES string of the molecule is Cc1ccc(-c2cnc(NC(=O)C3(c4ccc5c(c4)OCO5)CC3)c(C)c2)cc1. The zero-order valence-electron chi connectivity index (χ0n) is 16.5. The molecule has 2 heterocycles. The average molecular weight is 386 g/mol. The fourth-order valence-corrected chi connectivity index (χ4v) is 3.80. The lowest BCUT2D eigenvalue weighted by Gasteiger charge is -2.17. The molecule has 1 aromatic heterocycles. The molecule has 0 bridgehead atoms. The van der Waals surface area contributed by atoms with Crippen LogP contribution in [0.2, 0.25) is 0 Å². The highest BCUT2D eigenvalue weighted by atomic mass is 16.7. The van der Waals surface area contributed by atoms with Gasteiger partial charge in [-0.3, -0.25) is 4.79 Å². The van der Waals surface area contributed by atoms with Crippen molar-refractivity contribution < 1.29 is 14.3 Å². The first kappa shape index (κ1) is 17.7. The Morgan fingerprint density at radius 1 is 0.966 bits per heavy atom. The summed E-state index contributed by atoms with van der Waals surface area (Å²) in [7, 11) is 0. The molecule has 1 fully saturated rings. The van der Waals surface area contributed by atoms with E-state index >= 15 is 0 Å². The van der Waals surface area contributed by atoms with E-state index in [1.54, 1.807) is 0 Å². The van der Waals surface area contributed by atoms with Crippen LogP contribution in [0.4, 0.5) is 5.82 Å². The molecule has 3 aromatic rings. The zero-order valence-corrected chi connectivity index (χ0v) is 16.5. The van der Waals surface area contributed by atoms with Gasteiger partial charge in [0.05, 0.1) is 5.41 Å². The number of rotatable bonds is 4. The molecule has 5 heteroatoms. The second-order valence-electron chi connectivity index (χ2n) is 7.86. The normalized spacial score (nSPS) is 15.8. The number of amides is 1. The second kappa shape index (κ2) is 6.62. The first-order valence-electron chi connectivity index (χ1n) is 9.80. The molecule has 29 heavy (non-hydrogen) atoms. The molecule has 2 aliphatic rings. The minimum Gasteiger partial charge on any atom is -0.454 e. The van der Waals surface area contributed by atoms with Crippen LogP contribution >= 0.6 is 0 Å². The standard InChI is InChI=1S/C24H22N2O3/c1-15-3-5-17(6-4-15)18-11-16(2)22(25-13-18)26-23(27)24(9-10-24)19-7-8-20-21(12-19)29-14-28-20/h3-8,11-13H,9-10,14H2,1-2H3,(H,25,26,27). The van der Waals surface area contributed by atoms with Crippen molar-refractivity contribution in [3.63, 3.8) is 0 Å². The topological polar surface area (TPSA) is 60.5 Å². The number of carbonyl (C=O) groups excluding carboxylic acids is 1. The van der Waals surface area contributed by atoms with Crippen LogP contribution in [0.1, 0.15) is 29.5 Å². The molecule has 1 N–H and O–H groups in total. The third kappa shape index (κ3) is 3.12. The molecule has 2 aromatic carbocycles. The van der Waals surface area contributed by atoms with Gasteiger partial charge in [-0.15, -0.1) is 0 Å². The summed E-state index contributed by atoms with van der Waals surface area (Å²) in [6.45, 7) is 4.27. The van der Waals surface area contributed by atoms with Gasteiger partial charge in [0.15, 0.2) is 11.5 Å². The summed E-state index contributed by atoms with van der Waals surface area (Å²) in [5.74, 6) is 2.03. The van der Waals surface area contributed by atoms with Crippen LogP contribution in [0.25, 0.3) is 11.1 Å². The molecule has 1 aliphatic carbocycles. The van der Waals surface area contributed by atoms with Crippen LogP contribution in [0, 0.1) is 13.8 Å². The van der Waals surface area contributed by atoms with Crippen molar-refractivity contribution in [2.75, 3.05) is 12.1 Å². The number of aromatic nitrogens is 1. The van der Waals surface area contributed by atoms with Gasteiger partial charge in [-0.05, 0) is 61.6 Å². The molecular weight excluding hydrogens is 364 g/mol. The Balaban J connectivity index is 1.37. The van der Waals surface area contributed by atoms with Crippen LogP contribution in [0.5, 0.6) is 11.5 Å². The van der Waals surface area contributed by atoms with E-state index in [1.165, 1.54) is 5.56 Å². The Bertz CT molecular complexity index is 1100. The molecular formula is C24H22N2O3. The van der Waals surface area contributed by atoms with E-state index in [4.69, 9.17) is 9.47 Å². The number of ether oxygens (including phenoxy) is 2. The zero-order chi connectivity index (χ0) is 20.0. The Hall–Kier alpha value is -3.34. The lowest BCUT2D eigenvalue weighted by atomic mass is 9.94. The number of nitrogens with zero attached hydrogens (tertiary/aromatic N) is 1. The number of carbonyl (C=O) groups is 1. The molecule has 5 nitrogen and oxygen atoms in total. The maximum atomic E-state index is 13.1. The highest BCUT2D eigenvalue weighted by molar-refractivity contribution is 6.01. The first-order valence-corrected chi connectivity index (χ1v) is 9.80. The summed E-state index contributed by atoms with van der Waals surface area (Å²) < 4.78 is 10.9. The highest BCUT2D eigenvalue weighted by Crippen LogP contribution is 2.51. The minimum absolute atomic E-state index is 0.0185. The molecule has 0 unspecified atom stereocenters. The van der Waals surface area contributed by atoms with E-state index < -0.39 is 5.41 Å². The minimum atomic E-state index is -0.509. The number of hydrogen-bond donors (Lipinski definition) is 1. The molecule has 0 spiro atoms. The largest absolute Gasteiger partial charge is 0.454 e. The molecule has 0 radical (unpaired) electrons. The molecule has 0 atom stereocenters. The van der Waals surface area contributed by atoms with Crippen LogP contribution in [0.15, 0.2) is 54.7 Å². The van der Waals surface area contributed by atoms with Crippen molar-refractivity contribution in [2.24, 2.45) is 0 Å². The quantitative estimate of drug-likeness (QED) is 0.702. The van der Waals surface area contributed by atoms with Crippen molar-refractivity contribution in [2.45, 2.75) is 32.1 Å². The number of anilines is 1. The van der Waals surface area contributed by atoms with E-state index in [2.05, 4.69) is 47.6 Å². The summed E-state index contributed by atoms with van der Waals surface area (Å²) in [5.41, 5.74) is 4.78. The first-order chi connectivity index (χ1) is 14.0. The summed E-state index contributed by atoms with van der Waals surface area (Å²) >= 11 is 0. The van der Waals surface area contributed by atoms with Crippen molar-refractivity contribution in [3.05, 3.63) is 71.4 Å². The van der Waals surface area contributed by atoms with Gasteiger partial charge < -0.3 is 14.8 Å². The van der Waals surface area contributed by atoms with Crippen LogP contribution in [0.3, 0.4) is 0 Å². The number of nitrogens with one attached hydrogen (secondary N) is 1. The Morgan fingerprint density at radius 2 is 1.72 bits per heavy atom. The lowest BCUT2D eigenvalue weighted by molar-refractivity contribution is -0.118. The lowest BCUT2D eigenvalue weighted by Crippen LogP contribution is -2.28. The van der Waals surface area contributed by atoms with Crippen molar-refractivity contribution in [3.8, 4) is 22.6 Å². The Kier molecular flexibility index (Phi) is 4.05. The van der Waals surface area contributed by atoms with Gasteiger partial charge in [0.2, 0.25) is 12.7 Å². The van der Waals surface area contributed by atoms with Crippen LogP contribution < -0.4 is 14.8 Å². The third-order valence-electron chi connectivity index (χ3n) is 5.80. The van der Waals surface area contributed by atoms with Crippen molar-refractivity contribution >= 4 is 11.7 Å². The van der Waals surface area contributed by atoms with Gasteiger partial charge in [0.25, 0.3) is 0 Å². The van der Waals surface area contributed by atoms with Crippen molar-refractivity contribution in [1.82, 2.24) is 4.98 Å². The number of hydrogen-bond acceptors (Lipinski definition) is 4. The van der Waals surface area contributed by atoms with E-state index in [9.17, 15) is 4.79 Å². The Morgan fingerprint density at radius 3 is 2.45 bits per heavy atom. The summed E-state index contributed by atoms with van der Waals surface area (Å²) in [6.07, 6.45) is 3.45. The third-order valence-corrected chi connectivity index (χ3v) is 5.80. The van der Waals surface area contributed by atoms with Gasteiger partial charge in [0.1, 0.15) is 5.82 Å². The highest BCUT2D eigenvalue weighted by Gasteiger charge is 2.51. The number of pyridine rings is 1. The molecule has 5 rings (SSSR count). The smallest absolute Gasteiger partial charge is 0.236 e. The molecule has 0 saturated heterocycles. The molecule has 1 saturated carbocycles. The van der Waals surface area contributed by atoms with Crippen molar-refractivity contribution in [1.29, 1.82) is 0 Å². The molecule has 146 valence electrons. The summed E-state index contributed by atoms with van der Waals surface area (Å²) in [4.78, 5) is 17.7. The number of fused-ring (bicyclic) bond motifs is 1. The van der Waals surface area contributed by atoms with E-state index in [1.807, 2.05) is 31.3 Å². The predicted molar refractivity (Wildman–Crippen MR) is 111 cm³/mol. The molecule has 1 amide bonds. The van der Waals surface area contributed by atoms with E-state index in [0.717, 1.165) is 40.8 Å². The van der Waals surface area contributed by atoms with Gasteiger partial charge >= 0.3 is 0 Å². The van der Waals surface area contributed by atoms with Crippen LogP contribution in [-0.4, -0.2) is 17.7 Å². The van der Waals surface area contributed by atoms with E-state index in [0.29, 0.717) is 11.6 Å². The number of benzene rings is 2. The van der Waals surface area contributed by atoms with Gasteiger partial charge in [-0.1, -0.05) is 35.9 Å². The molecule has 1 aliphatic heterocycles. The summed E-state index contributed by atoms with van der Waals surface area (Å²) in [5, 5.41) is 3.04. The fraction of sp³-hybridized carbons (Fsp3) is 0.250. The maximum Gasteiger partial charge on any atom is 0.236 e. The number of aryl methyl sites for hydroxylation is 2. The van der Waals surface area contributed by atoms with Gasteiger partial charge in [-0.2, -0.15) is 0 Å². The predicted octanol–water partition coefficient (Wildman–Crippen LogP) is 4.76. The van der Waals surface area contributed by atoms with Crippen LogP contribution in [-0.2, 0) is 10.2 Å². The van der Waals surface area contributed by atoms with E-state index in [-0.39, 0.29) is 12.7 Å². The summed E-state index contributed by atoms with van der Waals surface area (Å²) in [6, 6.07) is 16.2. The average Bonchev–Trinajstić information content (AvgIpc) is 3.41. The maximum absolute atomic E-state index is 13.1. The van der Waals surface area contributed by atoms with Gasteiger partial charge in [-0.25, -0.2) is 4.98 Å². The Labute approximate surface area is 169 Å².